The molecule has 0 radical (unpaired) electrons. The Morgan fingerprint density at radius 2 is 2.26 bits per heavy atom. The molecular formula is C15H20ClN3. The van der Waals surface area contributed by atoms with E-state index in [0.717, 1.165) is 18.6 Å². The summed E-state index contributed by atoms with van der Waals surface area (Å²) in [4.78, 5) is 6.87. The normalized spacial score (nSPS) is 19.5. The second-order valence-corrected chi connectivity index (χ2v) is 5.04. The molecule has 1 fully saturated rings. The molecule has 3 nitrogen and oxygen atoms in total. The lowest BCUT2D eigenvalue weighted by atomic mass is 10.1. The van der Waals surface area contributed by atoms with Crippen molar-refractivity contribution in [3.8, 4) is 0 Å². The predicted molar refractivity (Wildman–Crippen MR) is 81.7 cm³/mol. The average molecular weight is 278 g/mol. The Kier molecular flexibility index (Phi) is 4.75. The lowest BCUT2D eigenvalue weighted by Crippen LogP contribution is -2.29. The van der Waals surface area contributed by atoms with Gasteiger partial charge < -0.3 is 5.32 Å². The van der Waals surface area contributed by atoms with E-state index < -0.39 is 0 Å². The van der Waals surface area contributed by atoms with E-state index in [1.54, 1.807) is 0 Å². The second kappa shape index (κ2) is 6.33. The van der Waals surface area contributed by atoms with Crippen molar-refractivity contribution >= 4 is 23.3 Å². The van der Waals surface area contributed by atoms with Crippen molar-refractivity contribution in [2.24, 2.45) is 0 Å². The summed E-state index contributed by atoms with van der Waals surface area (Å²) in [6, 6.07) is 11.4. The molecule has 0 aliphatic carbocycles. The number of benzene rings is 1. The van der Waals surface area contributed by atoms with Gasteiger partial charge >= 0.3 is 0 Å². The van der Waals surface area contributed by atoms with Crippen molar-refractivity contribution in [1.29, 1.82) is 0 Å². The largest absolute Gasteiger partial charge is 0.316 e. The van der Waals surface area contributed by atoms with Gasteiger partial charge in [0.1, 0.15) is 0 Å². The highest BCUT2D eigenvalue weighted by Crippen LogP contribution is 2.17. The molecule has 0 saturated carbocycles. The minimum Gasteiger partial charge on any atom is -0.316 e. The number of pyridine rings is 1. The smallest absolute Gasteiger partial charge is 0.0702 e. The molecule has 1 aromatic carbocycles. The molecule has 0 spiro atoms. The number of fused-ring (bicyclic) bond motifs is 1. The highest BCUT2D eigenvalue weighted by molar-refractivity contribution is 5.85. The summed E-state index contributed by atoms with van der Waals surface area (Å²) in [5, 5.41) is 4.59. The third-order valence-corrected chi connectivity index (χ3v) is 3.75. The highest BCUT2D eigenvalue weighted by atomic mass is 35.5. The van der Waals surface area contributed by atoms with Gasteiger partial charge in [-0.3, -0.25) is 9.88 Å². The molecule has 1 saturated heterocycles. The van der Waals surface area contributed by atoms with Crippen LogP contribution in [0.3, 0.4) is 0 Å². The minimum atomic E-state index is 0. The fourth-order valence-electron chi connectivity index (χ4n) is 2.69. The Morgan fingerprint density at radius 3 is 3.05 bits per heavy atom. The zero-order chi connectivity index (χ0) is 12.4. The molecular weight excluding hydrogens is 258 g/mol. The number of likely N-dealkylation sites (N-methyl/N-ethyl adjacent to an activating group) is 1. The van der Waals surface area contributed by atoms with Crippen LogP contribution in [-0.4, -0.2) is 36.1 Å². The molecule has 4 heteroatoms. The number of hydrogen-bond acceptors (Lipinski definition) is 3. The molecule has 1 unspecified atom stereocenters. The van der Waals surface area contributed by atoms with Crippen molar-refractivity contribution < 1.29 is 0 Å². The first-order valence-corrected chi connectivity index (χ1v) is 6.58. The lowest BCUT2D eigenvalue weighted by molar-refractivity contribution is 0.322. The summed E-state index contributed by atoms with van der Waals surface area (Å²) in [6.07, 6.45) is 3.10. The molecule has 2 heterocycles. The van der Waals surface area contributed by atoms with Crippen LogP contribution in [0.5, 0.6) is 0 Å². The van der Waals surface area contributed by atoms with Crippen molar-refractivity contribution in [2.45, 2.75) is 19.0 Å². The van der Waals surface area contributed by atoms with Crippen LogP contribution in [-0.2, 0) is 6.54 Å². The van der Waals surface area contributed by atoms with Crippen LogP contribution in [0, 0.1) is 0 Å². The Morgan fingerprint density at radius 1 is 1.37 bits per heavy atom. The van der Waals surface area contributed by atoms with Crippen LogP contribution in [0.4, 0.5) is 0 Å². The number of likely N-dealkylation sites (tertiary alicyclic amines) is 1. The number of rotatable bonds is 3. The third-order valence-electron chi connectivity index (χ3n) is 3.75. The topological polar surface area (TPSA) is 28.2 Å². The Balaban J connectivity index is 0.00000133. The van der Waals surface area contributed by atoms with Gasteiger partial charge in [-0.05, 0) is 37.2 Å². The van der Waals surface area contributed by atoms with Crippen molar-refractivity contribution in [3.63, 3.8) is 0 Å². The van der Waals surface area contributed by atoms with Gasteiger partial charge in [0.25, 0.3) is 0 Å². The zero-order valence-electron chi connectivity index (χ0n) is 11.2. The van der Waals surface area contributed by atoms with E-state index in [9.17, 15) is 0 Å². The maximum Gasteiger partial charge on any atom is 0.0702 e. The van der Waals surface area contributed by atoms with E-state index in [-0.39, 0.29) is 12.4 Å². The summed E-state index contributed by atoms with van der Waals surface area (Å²) >= 11 is 0. The van der Waals surface area contributed by atoms with Crippen LogP contribution in [0.15, 0.2) is 36.5 Å². The number of nitrogens with one attached hydrogen (secondary N) is 1. The van der Waals surface area contributed by atoms with E-state index in [1.165, 1.54) is 23.9 Å². The van der Waals surface area contributed by atoms with Gasteiger partial charge in [0.05, 0.1) is 5.52 Å². The van der Waals surface area contributed by atoms with E-state index in [0.29, 0.717) is 6.04 Å². The molecule has 3 rings (SSSR count). The Labute approximate surface area is 120 Å². The second-order valence-electron chi connectivity index (χ2n) is 5.04. The van der Waals surface area contributed by atoms with Crippen LogP contribution in [0.1, 0.15) is 12.0 Å². The first-order chi connectivity index (χ1) is 8.85. The predicted octanol–water partition coefficient (Wildman–Crippen LogP) is 2.45. The van der Waals surface area contributed by atoms with Gasteiger partial charge in [-0.15, -0.1) is 12.4 Å². The molecule has 0 bridgehead atoms. The molecule has 1 aliphatic rings. The highest BCUT2D eigenvalue weighted by Gasteiger charge is 2.20. The molecule has 2 aromatic rings. The van der Waals surface area contributed by atoms with Crippen LogP contribution < -0.4 is 5.32 Å². The van der Waals surface area contributed by atoms with E-state index in [2.05, 4.69) is 46.5 Å². The van der Waals surface area contributed by atoms with Crippen molar-refractivity contribution in [3.05, 3.63) is 42.1 Å². The zero-order valence-corrected chi connectivity index (χ0v) is 12.0. The van der Waals surface area contributed by atoms with Crippen LogP contribution in [0.2, 0.25) is 0 Å². The van der Waals surface area contributed by atoms with Gasteiger partial charge in [0, 0.05) is 37.3 Å². The molecule has 1 aliphatic heterocycles. The van der Waals surface area contributed by atoms with Gasteiger partial charge in [0.15, 0.2) is 0 Å². The first-order valence-electron chi connectivity index (χ1n) is 6.58. The fraction of sp³-hybridized carbons (Fsp3) is 0.400. The quantitative estimate of drug-likeness (QED) is 0.934. The standard InChI is InChI=1S/C15H19N3.ClH/c1-16-14-6-8-18(11-14)10-12-4-5-15-13(9-12)3-2-7-17-15;/h2-5,7,9,14,16H,6,8,10-11H2,1H3;1H. The maximum absolute atomic E-state index is 4.36. The SMILES string of the molecule is CNC1CCN(Cc2ccc3ncccc3c2)C1.Cl. The number of aromatic nitrogens is 1. The lowest BCUT2D eigenvalue weighted by Gasteiger charge is -2.16. The van der Waals surface area contributed by atoms with E-state index in [4.69, 9.17) is 0 Å². The molecule has 1 N–H and O–H groups in total. The molecule has 0 amide bonds. The first kappa shape index (κ1) is 14.3. The summed E-state index contributed by atoms with van der Waals surface area (Å²) in [5.74, 6) is 0. The van der Waals surface area contributed by atoms with E-state index in [1.807, 2.05) is 12.3 Å². The maximum atomic E-state index is 4.36. The minimum absolute atomic E-state index is 0. The summed E-state index contributed by atoms with van der Waals surface area (Å²) in [7, 11) is 2.05. The van der Waals surface area contributed by atoms with Gasteiger partial charge in [-0.2, -0.15) is 0 Å². The van der Waals surface area contributed by atoms with Crippen molar-refractivity contribution in [1.82, 2.24) is 15.2 Å². The summed E-state index contributed by atoms with van der Waals surface area (Å²) in [6.45, 7) is 3.39. The van der Waals surface area contributed by atoms with Gasteiger partial charge in [-0.25, -0.2) is 0 Å². The number of hydrogen-bond donors (Lipinski definition) is 1. The molecule has 102 valence electrons. The Hall–Kier alpha value is -1.16. The monoisotopic (exact) mass is 277 g/mol. The average Bonchev–Trinajstić information content (AvgIpc) is 2.86. The van der Waals surface area contributed by atoms with E-state index >= 15 is 0 Å². The van der Waals surface area contributed by atoms with Crippen LogP contribution in [0.25, 0.3) is 10.9 Å². The van der Waals surface area contributed by atoms with Gasteiger partial charge in [-0.1, -0.05) is 12.1 Å². The Bertz CT molecular complexity index is 544. The molecule has 1 atom stereocenters. The fourth-order valence-corrected chi connectivity index (χ4v) is 2.69. The molecule has 1 aromatic heterocycles. The number of nitrogens with zero attached hydrogens (tertiary/aromatic N) is 2. The summed E-state index contributed by atoms with van der Waals surface area (Å²) in [5.41, 5.74) is 2.46. The third kappa shape index (κ3) is 3.24. The van der Waals surface area contributed by atoms with Crippen molar-refractivity contribution in [2.75, 3.05) is 20.1 Å². The number of halogens is 1. The molecule has 19 heavy (non-hydrogen) atoms. The summed E-state index contributed by atoms with van der Waals surface area (Å²) < 4.78 is 0. The van der Waals surface area contributed by atoms with Crippen LogP contribution >= 0.6 is 12.4 Å². The van der Waals surface area contributed by atoms with Gasteiger partial charge in [0.2, 0.25) is 0 Å².